The van der Waals surface area contributed by atoms with Crippen LogP contribution in [0.1, 0.15) is 26.5 Å². The maximum Gasteiger partial charge on any atom is 0.501 e. The van der Waals surface area contributed by atoms with Crippen molar-refractivity contribution in [1.82, 2.24) is 9.78 Å². The topological polar surface area (TPSA) is 90.3 Å². The lowest BCUT2D eigenvalue weighted by Gasteiger charge is -2.14. The fourth-order valence-electron chi connectivity index (χ4n) is 2.24. The Bertz CT molecular complexity index is 1070. The van der Waals surface area contributed by atoms with Gasteiger partial charge in [0.15, 0.2) is 0 Å². The molecule has 172 valence electrons. The first kappa shape index (κ1) is 25.6. The SMILES string of the molecule is CC(C)(C)c1cc(NC(=O)OCC(Cl)(Cl)Cl)n(-c2cccc(S(=O)(=O)C(F)(F)F)c2)n1. The molecule has 1 heterocycles. The maximum absolute atomic E-state index is 12.9. The third-order valence-electron chi connectivity index (χ3n) is 3.75. The van der Waals surface area contributed by atoms with Gasteiger partial charge in [0.05, 0.1) is 16.3 Å². The van der Waals surface area contributed by atoms with E-state index in [0.717, 1.165) is 22.9 Å². The summed E-state index contributed by atoms with van der Waals surface area (Å²) in [6, 6.07) is 5.51. The number of amides is 1. The van der Waals surface area contributed by atoms with Gasteiger partial charge in [-0.1, -0.05) is 61.6 Å². The number of ether oxygens (including phenoxy) is 1. The van der Waals surface area contributed by atoms with Crippen LogP contribution in [0, 0.1) is 0 Å². The molecule has 0 radical (unpaired) electrons. The molecule has 0 aliphatic heterocycles. The van der Waals surface area contributed by atoms with E-state index in [1.165, 1.54) is 12.1 Å². The quantitative estimate of drug-likeness (QED) is 0.544. The van der Waals surface area contributed by atoms with E-state index < -0.39 is 42.1 Å². The van der Waals surface area contributed by atoms with Crippen molar-refractivity contribution in [3.63, 3.8) is 0 Å². The molecule has 0 aliphatic carbocycles. The largest absolute Gasteiger partial charge is 0.501 e. The van der Waals surface area contributed by atoms with Crippen LogP contribution in [0.4, 0.5) is 23.8 Å². The zero-order valence-corrected chi connectivity index (χ0v) is 19.4. The molecule has 0 bridgehead atoms. The highest BCUT2D eigenvalue weighted by Crippen LogP contribution is 2.32. The van der Waals surface area contributed by atoms with E-state index in [9.17, 15) is 26.4 Å². The van der Waals surface area contributed by atoms with E-state index in [0.29, 0.717) is 5.69 Å². The number of carbonyl (C=O) groups is 1. The minimum atomic E-state index is -5.59. The van der Waals surface area contributed by atoms with Crippen molar-refractivity contribution in [2.24, 2.45) is 0 Å². The second-order valence-electron chi connectivity index (χ2n) is 7.34. The number of benzene rings is 1. The lowest BCUT2D eigenvalue weighted by Crippen LogP contribution is -2.23. The van der Waals surface area contributed by atoms with Gasteiger partial charge in [0, 0.05) is 11.5 Å². The Hall–Kier alpha value is -1.69. The maximum atomic E-state index is 12.9. The van der Waals surface area contributed by atoms with Crippen LogP contribution < -0.4 is 5.32 Å². The van der Waals surface area contributed by atoms with Crippen molar-refractivity contribution in [3.8, 4) is 5.69 Å². The number of rotatable bonds is 4. The second-order valence-corrected chi connectivity index (χ2v) is 11.8. The van der Waals surface area contributed by atoms with E-state index in [4.69, 9.17) is 39.5 Å². The Morgan fingerprint density at radius 3 is 2.29 bits per heavy atom. The first-order chi connectivity index (χ1) is 13.9. The van der Waals surface area contributed by atoms with E-state index in [-0.39, 0.29) is 11.5 Å². The third kappa shape index (κ3) is 6.41. The predicted molar refractivity (Wildman–Crippen MR) is 111 cm³/mol. The molecule has 0 unspecified atom stereocenters. The molecular weight excluding hydrogens is 506 g/mol. The van der Waals surface area contributed by atoms with Crippen molar-refractivity contribution in [1.29, 1.82) is 0 Å². The summed E-state index contributed by atoms with van der Waals surface area (Å²) in [4.78, 5) is 11.1. The Labute approximate surface area is 191 Å². The molecule has 7 nitrogen and oxygen atoms in total. The smallest absolute Gasteiger partial charge is 0.445 e. The van der Waals surface area contributed by atoms with E-state index >= 15 is 0 Å². The van der Waals surface area contributed by atoms with Gasteiger partial charge in [-0.25, -0.2) is 17.9 Å². The van der Waals surface area contributed by atoms with E-state index in [1.54, 1.807) is 0 Å². The summed E-state index contributed by atoms with van der Waals surface area (Å²) in [7, 11) is -5.59. The molecule has 14 heteroatoms. The molecular formula is C17H17Cl3F3N3O4S. The van der Waals surface area contributed by atoms with Gasteiger partial charge in [0.25, 0.3) is 9.84 Å². The molecule has 1 aromatic heterocycles. The molecule has 0 fully saturated rings. The van der Waals surface area contributed by atoms with Crippen LogP contribution in [0.3, 0.4) is 0 Å². The van der Waals surface area contributed by atoms with Gasteiger partial charge in [-0.05, 0) is 18.2 Å². The minimum absolute atomic E-state index is 0.000740. The molecule has 1 aromatic carbocycles. The molecule has 1 amide bonds. The first-order valence-electron chi connectivity index (χ1n) is 8.45. The lowest BCUT2D eigenvalue weighted by molar-refractivity contribution is -0.0436. The van der Waals surface area contributed by atoms with Crippen LogP contribution in [-0.2, 0) is 20.0 Å². The summed E-state index contributed by atoms with van der Waals surface area (Å²) in [6.45, 7) is 4.88. The van der Waals surface area contributed by atoms with Crippen molar-refractivity contribution in [3.05, 3.63) is 36.0 Å². The molecule has 0 aliphatic rings. The van der Waals surface area contributed by atoms with E-state index in [1.807, 2.05) is 20.8 Å². The van der Waals surface area contributed by atoms with Gasteiger partial charge < -0.3 is 4.74 Å². The normalized spacial score (nSPS) is 13.2. The van der Waals surface area contributed by atoms with Gasteiger partial charge in [-0.15, -0.1) is 0 Å². The second kappa shape index (κ2) is 8.68. The average molecular weight is 523 g/mol. The summed E-state index contributed by atoms with van der Waals surface area (Å²) >= 11 is 16.6. The van der Waals surface area contributed by atoms with Gasteiger partial charge in [-0.2, -0.15) is 18.3 Å². The number of sulfone groups is 1. The monoisotopic (exact) mass is 521 g/mol. The first-order valence-corrected chi connectivity index (χ1v) is 11.1. The number of aromatic nitrogens is 2. The van der Waals surface area contributed by atoms with Crippen molar-refractivity contribution in [2.75, 3.05) is 11.9 Å². The number of anilines is 1. The number of hydrogen-bond acceptors (Lipinski definition) is 5. The molecule has 0 spiro atoms. The van der Waals surface area contributed by atoms with Gasteiger partial charge >= 0.3 is 11.6 Å². The fourth-order valence-corrected chi connectivity index (χ4v) is 3.20. The Morgan fingerprint density at radius 2 is 1.77 bits per heavy atom. The zero-order chi connectivity index (χ0) is 23.8. The van der Waals surface area contributed by atoms with Crippen LogP contribution >= 0.6 is 34.8 Å². The van der Waals surface area contributed by atoms with Crippen molar-refractivity contribution >= 4 is 56.6 Å². The van der Waals surface area contributed by atoms with Gasteiger partial charge in [0.2, 0.25) is 3.79 Å². The van der Waals surface area contributed by atoms with Gasteiger partial charge in [-0.3, -0.25) is 5.32 Å². The molecule has 2 aromatic rings. The van der Waals surface area contributed by atoms with Crippen LogP contribution in [-0.4, -0.2) is 40.2 Å². The van der Waals surface area contributed by atoms with Gasteiger partial charge in [0.1, 0.15) is 12.4 Å². The Kier molecular flexibility index (Phi) is 7.16. The third-order valence-corrected chi connectivity index (χ3v) is 5.56. The Morgan fingerprint density at radius 1 is 1.16 bits per heavy atom. The number of alkyl halides is 6. The lowest BCUT2D eigenvalue weighted by atomic mass is 9.92. The summed E-state index contributed by atoms with van der Waals surface area (Å²) in [5, 5.41) is 6.65. The highest BCUT2D eigenvalue weighted by atomic mass is 35.6. The Balaban J connectivity index is 2.50. The van der Waals surface area contributed by atoms with Crippen molar-refractivity contribution in [2.45, 2.75) is 40.4 Å². The van der Waals surface area contributed by atoms with Crippen molar-refractivity contribution < 1.29 is 31.1 Å². The molecule has 2 rings (SSSR count). The highest BCUT2D eigenvalue weighted by Gasteiger charge is 2.47. The summed E-state index contributed by atoms with van der Waals surface area (Å²) < 4.78 is 66.3. The zero-order valence-electron chi connectivity index (χ0n) is 16.3. The summed E-state index contributed by atoms with van der Waals surface area (Å²) in [5.41, 5.74) is -5.58. The summed E-state index contributed by atoms with van der Waals surface area (Å²) in [6.07, 6.45) is -1.02. The van der Waals surface area contributed by atoms with Crippen LogP contribution in [0.5, 0.6) is 0 Å². The number of nitrogens with one attached hydrogen (secondary N) is 1. The number of hydrogen-bond donors (Lipinski definition) is 1. The molecule has 31 heavy (non-hydrogen) atoms. The fraction of sp³-hybridized carbons (Fsp3) is 0.412. The van der Waals surface area contributed by atoms with Crippen LogP contribution in [0.25, 0.3) is 5.69 Å². The highest BCUT2D eigenvalue weighted by molar-refractivity contribution is 7.92. The number of carbonyl (C=O) groups excluding carboxylic acids is 1. The minimum Gasteiger partial charge on any atom is -0.445 e. The van der Waals surface area contributed by atoms with E-state index in [2.05, 4.69) is 10.4 Å². The van der Waals surface area contributed by atoms with Crippen LogP contribution in [0.15, 0.2) is 35.2 Å². The van der Waals surface area contributed by atoms with Crippen LogP contribution in [0.2, 0.25) is 0 Å². The molecule has 0 saturated carbocycles. The summed E-state index contributed by atoms with van der Waals surface area (Å²) in [5.74, 6) is 0.000740. The molecule has 1 N–H and O–H groups in total. The number of nitrogens with zero attached hydrogens (tertiary/aromatic N) is 2. The average Bonchev–Trinajstić information content (AvgIpc) is 3.02. The molecule has 0 atom stereocenters. The molecule has 0 saturated heterocycles. The number of halogens is 6. The predicted octanol–water partition coefficient (Wildman–Crippen LogP) is 5.38. The standard InChI is InChI=1S/C17H17Cl3F3N3O4S/c1-15(2,3)12-8-13(24-14(27)30-9-16(18,19)20)26(25-12)10-5-4-6-11(7-10)31(28,29)17(21,22)23/h4-8H,9H2,1-3H3,(H,24,27).